The zero-order chi connectivity index (χ0) is 29.9. The van der Waals surface area contributed by atoms with Gasteiger partial charge in [0.25, 0.3) is 0 Å². The highest BCUT2D eigenvalue weighted by molar-refractivity contribution is 6.30. The molecule has 9 nitrogen and oxygen atoms in total. The fourth-order valence-electron chi connectivity index (χ4n) is 5.84. The molecule has 0 atom stereocenters. The quantitative estimate of drug-likeness (QED) is 0.398. The lowest BCUT2D eigenvalue weighted by Gasteiger charge is -2.39. The Bertz CT molecular complexity index is 1280. The van der Waals surface area contributed by atoms with E-state index in [1.54, 1.807) is 24.3 Å². The largest absolute Gasteiger partial charge is 0.325 e. The molecule has 3 aliphatic rings. The Morgan fingerprint density at radius 3 is 1.68 bits per heavy atom. The molecule has 0 saturated carbocycles. The Kier molecular flexibility index (Phi) is 13.4. The summed E-state index contributed by atoms with van der Waals surface area (Å²) in [6.07, 6.45) is 8.78. The van der Waals surface area contributed by atoms with Crippen LogP contribution in [-0.2, 0) is 13.1 Å². The van der Waals surface area contributed by atoms with Crippen molar-refractivity contribution in [2.45, 2.75) is 25.9 Å². The summed E-state index contributed by atoms with van der Waals surface area (Å²) in [7, 11) is 0. The number of aromatic nitrogens is 2. The molecule has 1 aromatic carbocycles. The number of nitrogens with one attached hydrogen (secondary N) is 1. The number of benzene rings is 1. The second kappa shape index (κ2) is 17.4. The number of carbonyl (C=O) groups excluding carboxylic acids is 2. The van der Waals surface area contributed by atoms with E-state index in [0.717, 1.165) is 78.3 Å². The third-order valence-electron chi connectivity index (χ3n) is 8.43. The molecule has 2 amide bonds. The van der Waals surface area contributed by atoms with Gasteiger partial charge in [-0.15, -0.1) is 12.4 Å². The van der Waals surface area contributed by atoms with E-state index >= 15 is 0 Å². The zero-order valence-corrected chi connectivity index (χ0v) is 26.8. The average Bonchev–Trinajstić information content (AvgIpc) is 3.07. The van der Waals surface area contributed by atoms with Crippen molar-refractivity contribution < 1.29 is 9.59 Å². The van der Waals surface area contributed by atoms with Crippen LogP contribution in [0.5, 0.6) is 0 Å². The monoisotopic (exact) mass is 639 g/mol. The van der Waals surface area contributed by atoms with E-state index in [2.05, 4.69) is 37.2 Å². The number of carbonyl (C=O) groups is 2. The van der Waals surface area contributed by atoms with Crippen LogP contribution in [0.2, 0.25) is 5.02 Å². The number of halogens is 2. The number of amides is 2. The minimum Gasteiger partial charge on any atom is -0.325 e. The number of piperidine rings is 1. The maximum Gasteiger partial charge on any atom is 0.320 e. The topological polar surface area (TPSA) is 84.9 Å². The number of Topliss-reactive ketones (excluding diaryl/α,β-unsaturated/α-hetero) is 1. The molecule has 0 radical (unpaired) electrons. The normalized spacial score (nSPS) is 18.1. The van der Waals surface area contributed by atoms with Crippen LogP contribution in [0.4, 0.5) is 4.79 Å². The van der Waals surface area contributed by atoms with E-state index in [1.165, 1.54) is 11.1 Å². The maximum absolute atomic E-state index is 12.9. The number of likely N-dealkylation sites (tertiary alicyclic amines) is 1. The first-order valence-corrected chi connectivity index (χ1v) is 15.7. The van der Waals surface area contributed by atoms with Crippen molar-refractivity contribution in [3.05, 3.63) is 95.0 Å². The molecule has 236 valence electrons. The number of hydrogen-bond acceptors (Lipinski definition) is 7. The van der Waals surface area contributed by atoms with Gasteiger partial charge in [-0.1, -0.05) is 11.6 Å². The average molecular weight is 641 g/mol. The number of nitrogens with zero attached hydrogens (tertiary/aromatic N) is 6. The molecule has 0 bridgehead atoms. The van der Waals surface area contributed by atoms with E-state index in [4.69, 9.17) is 11.6 Å². The smallest absolute Gasteiger partial charge is 0.320 e. The van der Waals surface area contributed by atoms with Gasteiger partial charge in [-0.05, 0) is 72.5 Å². The van der Waals surface area contributed by atoms with Gasteiger partial charge in [0, 0.05) is 120 Å². The third-order valence-corrected chi connectivity index (χ3v) is 8.68. The van der Waals surface area contributed by atoms with Crippen LogP contribution in [0.1, 0.15) is 34.3 Å². The van der Waals surface area contributed by atoms with E-state index in [1.807, 2.05) is 46.7 Å². The fourth-order valence-corrected chi connectivity index (χ4v) is 5.97. The third kappa shape index (κ3) is 9.97. The summed E-state index contributed by atoms with van der Waals surface area (Å²) in [5.74, 6) is 0.135. The van der Waals surface area contributed by atoms with Gasteiger partial charge >= 0.3 is 6.03 Å². The number of urea groups is 1. The first-order valence-electron chi connectivity index (χ1n) is 15.3. The summed E-state index contributed by atoms with van der Waals surface area (Å²) in [6, 6.07) is 15.4. The molecular weight excluding hydrogens is 597 g/mol. The zero-order valence-electron chi connectivity index (χ0n) is 25.2. The van der Waals surface area contributed by atoms with Crippen molar-refractivity contribution in [2.24, 2.45) is 5.92 Å². The number of piperazine rings is 2. The Balaban J connectivity index is 0.000000264. The molecule has 3 fully saturated rings. The van der Waals surface area contributed by atoms with Crippen LogP contribution in [0.15, 0.2) is 73.3 Å². The van der Waals surface area contributed by atoms with Crippen LogP contribution >= 0.6 is 24.0 Å². The first-order chi connectivity index (χ1) is 21.0. The molecule has 1 N–H and O–H groups in total. The van der Waals surface area contributed by atoms with Crippen molar-refractivity contribution in [1.82, 2.24) is 34.9 Å². The Labute approximate surface area is 272 Å². The van der Waals surface area contributed by atoms with Crippen LogP contribution in [0, 0.1) is 5.92 Å². The Hall–Kier alpha value is -3.08. The van der Waals surface area contributed by atoms with Crippen LogP contribution < -0.4 is 5.32 Å². The van der Waals surface area contributed by atoms with Gasteiger partial charge in [-0.2, -0.15) is 0 Å². The number of hydrogen-bond donors (Lipinski definition) is 1. The minimum atomic E-state index is -0.0209. The van der Waals surface area contributed by atoms with Gasteiger partial charge in [-0.25, -0.2) is 4.79 Å². The highest BCUT2D eigenvalue weighted by Crippen LogP contribution is 2.24. The number of ketones is 1. The first kappa shape index (κ1) is 33.8. The molecule has 44 heavy (non-hydrogen) atoms. The van der Waals surface area contributed by atoms with Crippen molar-refractivity contribution in [3.8, 4) is 0 Å². The second-order valence-corrected chi connectivity index (χ2v) is 11.9. The van der Waals surface area contributed by atoms with Crippen LogP contribution in [-0.4, -0.2) is 107 Å². The highest BCUT2D eigenvalue weighted by Gasteiger charge is 2.31. The van der Waals surface area contributed by atoms with E-state index in [0.29, 0.717) is 23.7 Å². The van der Waals surface area contributed by atoms with Crippen LogP contribution in [0.3, 0.4) is 0 Å². The summed E-state index contributed by atoms with van der Waals surface area (Å²) in [5.41, 5.74) is 3.31. The second-order valence-electron chi connectivity index (χ2n) is 11.4. The van der Waals surface area contributed by atoms with Gasteiger partial charge < -0.3 is 15.1 Å². The van der Waals surface area contributed by atoms with Gasteiger partial charge in [0.2, 0.25) is 0 Å². The van der Waals surface area contributed by atoms with Gasteiger partial charge in [0.15, 0.2) is 5.78 Å². The Morgan fingerprint density at radius 2 is 1.16 bits per heavy atom. The lowest BCUT2D eigenvalue weighted by atomic mass is 9.89. The van der Waals surface area contributed by atoms with Crippen molar-refractivity contribution >= 4 is 35.8 Å². The van der Waals surface area contributed by atoms with Gasteiger partial charge in [0.1, 0.15) is 0 Å². The summed E-state index contributed by atoms with van der Waals surface area (Å²) in [6.45, 7) is 11.0. The van der Waals surface area contributed by atoms with Crippen molar-refractivity contribution in [1.29, 1.82) is 0 Å². The molecule has 3 aliphatic heterocycles. The predicted octanol–water partition coefficient (Wildman–Crippen LogP) is 4.48. The molecule has 0 aliphatic carbocycles. The van der Waals surface area contributed by atoms with E-state index in [9.17, 15) is 9.59 Å². The molecule has 3 aromatic rings. The fraction of sp³-hybridized carbons (Fsp3) is 0.455. The molecule has 0 unspecified atom stereocenters. The molecule has 5 heterocycles. The number of rotatable bonds is 6. The predicted molar refractivity (Wildman–Crippen MR) is 176 cm³/mol. The molecule has 0 spiro atoms. The molecule has 11 heteroatoms. The lowest BCUT2D eigenvalue weighted by Crippen LogP contribution is -2.54. The summed E-state index contributed by atoms with van der Waals surface area (Å²) < 4.78 is 0. The summed E-state index contributed by atoms with van der Waals surface area (Å²) >= 11 is 5.91. The van der Waals surface area contributed by atoms with Gasteiger partial charge in [0.05, 0.1) is 0 Å². The SMILES string of the molecule is Cl.O=C(c1ccc(Cl)cc1)C1CCN(C(=O)N2CCN(Cc3ccncc3)CC2)CC1.c1cc(CN2CCNCC2)ccn1. The minimum absolute atomic E-state index is 0. The van der Waals surface area contributed by atoms with Gasteiger partial charge in [-0.3, -0.25) is 24.6 Å². The molecular formula is C33H43Cl2N7O2. The highest BCUT2D eigenvalue weighted by atomic mass is 35.5. The number of pyridine rings is 2. The van der Waals surface area contributed by atoms with Crippen molar-refractivity contribution in [2.75, 3.05) is 65.4 Å². The van der Waals surface area contributed by atoms with E-state index in [-0.39, 0.29) is 30.1 Å². The summed E-state index contributed by atoms with van der Waals surface area (Å²) in [5, 5.41) is 3.98. The molecule has 2 aromatic heterocycles. The molecule has 6 rings (SSSR count). The van der Waals surface area contributed by atoms with Crippen LogP contribution in [0.25, 0.3) is 0 Å². The van der Waals surface area contributed by atoms with Crippen molar-refractivity contribution in [3.63, 3.8) is 0 Å². The maximum atomic E-state index is 12.9. The van der Waals surface area contributed by atoms with E-state index < -0.39 is 0 Å². The standard InChI is InChI=1S/C23H27ClN4O2.C10H15N3.ClH/c24-21-3-1-19(2-4-21)22(29)20-7-11-27(12-8-20)23(30)28-15-13-26(14-16-28)17-18-5-9-25-10-6-18;1-3-11-4-2-10(1)9-13-7-5-12-6-8-13;/h1-6,9-10,20H,7-8,11-17H2;1-4,12H,5-9H2;1H. The lowest BCUT2D eigenvalue weighted by molar-refractivity contribution is 0.0794. The molecule has 3 saturated heterocycles. The Morgan fingerprint density at radius 1 is 0.682 bits per heavy atom. The summed E-state index contributed by atoms with van der Waals surface area (Å²) in [4.78, 5) is 42.4.